The summed E-state index contributed by atoms with van der Waals surface area (Å²) >= 11 is 1.53. The van der Waals surface area contributed by atoms with Gasteiger partial charge in [-0.25, -0.2) is 9.97 Å². The molecule has 1 aromatic heterocycles. The fourth-order valence-corrected chi connectivity index (χ4v) is 2.07. The third-order valence-electron chi connectivity index (χ3n) is 1.96. The summed E-state index contributed by atoms with van der Waals surface area (Å²) in [6, 6.07) is 1.89. The Balaban J connectivity index is 2.86. The highest BCUT2D eigenvalue weighted by Gasteiger charge is 2.08. The Morgan fingerprint density at radius 2 is 2.29 bits per heavy atom. The van der Waals surface area contributed by atoms with Gasteiger partial charge in [-0.05, 0) is 6.92 Å². The van der Waals surface area contributed by atoms with Crippen molar-refractivity contribution in [1.29, 1.82) is 0 Å². The van der Waals surface area contributed by atoms with Crippen LogP contribution in [0.25, 0.3) is 0 Å². The van der Waals surface area contributed by atoms with Crippen LogP contribution < -0.4 is 5.32 Å². The van der Waals surface area contributed by atoms with Crippen molar-refractivity contribution in [1.82, 2.24) is 9.97 Å². The monoisotopic (exact) mass is 257 g/mol. The number of methoxy groups -OCH3 is 1. The molecule has 1 heterocycles. The molecular formula is C11H19N3O2S. The molecule has 1 rings (SSSR count). The highest BCUT2D eigenvalue weighted by Crippen LogP contribution is 2.23. The molecule has 0 aromatic carbocycles. The van der Waals surface area contributed by atoms with Crippen molar-refractivity contribution in [3.8, 4) is 0 Å². The van der Waals surface area contributed by atoms with E-state index < -0.39 is 0 Å². The van der Waals surface area contributed by atoms with Gasteiger partial charge in [0.1, 0.15) is 17.5 Å². The van der Waals surface area contributed by atoms with Crippen LogP contribution in [-0.2, 0) is 11.3 Å². The van der Waals surface area contributed by atoms with Gasteiger partial charge in [0, 0.05) is 25.0 Å². The molecule has 96 valence electrons. The van der Waals surface area contributed by atoms with Gasteiger partial charge in [-0.2, -0.15) is 0 Å². The van der Waals surface area contributed by atoms with Gasteiger partial charge in [0.05, 0.1) is 6.61 Å². The topological polar surface area (TPSA) is 67.3 Å². The lowest BCUT2D eigenvalue weighted by atomic mass is 10.5. The van der Waals surface area contributed by atoms with Crippen molar-refractivity contribution in [2.24, 2.45) is 0 Å². The Labute approximate surface area is 106 Å². The molecule has 1 atom stereocenters. The van der Waals surface area contributed by atoms with Gasteiger partial charge in [-0.1, -0.05) is 6.92 Å². The van der Waals surface area contributed by atoms with Gasteiger partial charge in [0.25, 0.3) is 0 Å². The van der Waals surface area contributed by atoms with Crippen LogP contribution in [0, 0.1) is 0 Å². The molecule has 0 amide bonds. The number of anilines is 1. The summed E-state index contributed by atoms with van der Waals surface area (Å²) in [5.74, 6) is 1.45. The van der Waals surface area contributed by atoms with Crippen molar-refractivity contribution in [3.63, 3.8) is 0 Å². The Morgan fingerprint density at radius 3 is 2.88 bits per heavy atom. The summed E-state index contributed by atoms with van der Waals surface area (Å²) < 4.78 is 5.04. The maximum absolute atomic E-state index is 9.04. The molecule has 0 saturated heterocycles. The van der Waals surface area contributed by atoms with Crippen LogP contribution in [0.2, 0.25) is 0 Å². The lowest BCUT2D eigenvalue weighted by Crippen LogP contribution is -2.07. The predicted octanol–water partition coefficient (Wildman–Crippen LogP) is 1.53. The first-order valence-corrected chi connectivity index (χ1v) is 6.45. The molecule has 0 bridgehead atoms. The Hall–Kier alpha value is -0.850. The van der Waals surface area contributed by atoms with Gasteiger partial charge in [0.15, 0.2) is 5.82 Å². The van der Waals surface area contributed by atoms with Crippen LogP contribution >= 0.6 is 11.8 Å². The van der Waals surface area contributed by atoms with Crippen LogP contribution in [0.1, 0.15) is 19.7 Å². The highest BCUT2D eigenvalue weighted by atomic mass is 32.2. The average Bonchev–Trinajstić information content (AvgIpc) is 2.29. The lowest BCUT2D eigenvalue weighted by molar-refractivity contribution is 0.177. The van der Waals surface area contributed by atoms with Crippen molar-refractivity contribution in [2.45, 2.75) is 30.7 Å². The molecule has 1 aromatic rings. The smallest absolute Gasteiger partial charge is 0.157 e. The number of hydrogen-bond acceptors (Lipinski definition) is 6. The summed E-state index contributed by atoms with van der Waals surface area (Å²) in [6.07, 6.45) is 0. The lowest BCUT2D eigenvalue weighted by Gasteiger charge is -2.10. The third-order valence-corrected chi connectivity index (χ3v) is 2.96. The maximum atomic E-state index is 9.04. The van der Waals surface area contributed by atoms with E-state index in [4.69, 9.17) is 9.84 Å². The number of rotatable bonds is 7. The number of aliphatic hydroxyl groups is 1. The van der Waals surface area contributed by atoms with E-state index >= 15 is 0 Å². The maximum Gasteiger partial charge on any atom is 0.157 e. The Kier molecular flexibility index (Phi) is 6.25. The van der Waals surface area contributed by atoms with E-state index in [-0.39, 0.29) is 11.9 Å². The fourth-order valence-electron chi connectivity index (χ4n) is 1.24. The molecule has 17 heavy (non-hydrogen) atoms. The minimum atomic E-state index is 0.120. The minimum absolute atomic E-state index is 0.120. The van der Waals surface area contributed by atoms with E-state index in [9.17, 15) is 0 Å². The van der Waals surface area contributed by atoms with Crippen LogP contribution in [0.4, 0.5) is 5.82 Å². The van der Waals surface area contributed by atoms with E-state index in [1.165, 1.54) is 11.8 Å². The number of ether oxygens (including phenoxy) is 1. The second kappa shape index (κ2) is 7.47. The summed E-state index contributed by atoms with van der Waals surface area (Å²) in [5, 5.41) is 13.2. The molecule has 0 radical (unpaired) electrons. The Bertz CT molecular complexity index is 325. The van der Waals surface area contributed by atoms with Gasteiger partial charge < -0.3 is 15.2 Å². The molecule has 0 spiro atoms. The van der Waals surface area contributed by atoms with E-state index in [2.05, 4.69) is 15.3 Å². The number of aliphatic hydroxyl groups excluding tert-OH is 1. The van der Waals surface area contributed by atoms with Crippen molar-refractivity contribution < 1.29 is 9.84 Å². The molecule has 0 aliphatic heterocycles. The number of nitrogens with zero attached hydrogens (tertiary/aromatic N) is 2. The zero-order chi connectivity index (χ0) is 12.7. The average molecular weight is 257 g/mol. The predicted molar refractivity (Wildman–Crippen MR) is 69.3 cm³/mol. The van der Waals surface area contributed by atoms with E-state index in [1.54, 1.807) is 7.11 Å². The fraction of sp³-hybridized carbons (Fsp3) is 0.636. The largest absolute Gasteiger partial charge is 0.395 e. The van der Waals surface area contributed by atoms with Gasteiger partial charge in [-0.3, -0.25) is 0 Å². The number of aromatic nitrogens is 2. The summed E-state index contributed by atoms with van der Waals surface area (Å²) in [5.41, 5.74) is 0. The van der Waals surface area contributed by atoms with E-state index in [0.717, 1.165) is 17.4 Å². The molecule has 6 heteroatoms. The standard InChI is InChI=1S/C11H19N3O2S/c1-4-12-9-5-11(17-8(2)6-15)14-10(13-9)7-16-3/h5,8,15H,4,6-7H2,1-3H3,(H,12,13,14). The summed E-state index contributed by atoms with van der Waals surface area (Å²) in [6.45, 7) is 5.30. The van der Waals surface area contributed by atoms with Crippen molar-refractivity contribution in [2.75, 3.05) is 25.6 Å². The van der Waals surface area contributed by atoms with Crippen molar-refractivity contribution >= 4 is 17.6 Å². The van der Waals surface area contributed by atoms with Crippen LogP contribution in [0.3, 0.4) is 0 Å². The number of hydrogen-bond donors (Lipinski definition) is 2. The zero-order valence-corrected chi connectivity index (χ0v) is 11.3. The van der Waals surface area contributed by atoms with Crippen LogP contribution in [0.15, 0.2) is 11.1 Å². The molecule has 0 aliphatic carbocycles. The van der Waals surface area contributed by atoms with Crippen molar-refractivity contribution in [3.05, 3.63) is 11.9 Å². The second-order valence-electron chi connectivity index (χ2n) is 3.58. The third kappa shape index (κ3) is 4.89. The van der Waals surface area contributed by atoms with Crippen LogP contribution in [-0.4, -0.2) is 40.6 Å². The minimum Gasteiger partial charge on any atom is -0.395 e. The highest BCUT2D eigenvalue weighted by molar-refractivity contribution is 7.99. The molecule has 2 N–H and O–H groups in total. The number of thioether (sulfide) groups is 1. The molecule has 0 saturated carbocycles. The molecule has 1 unspecified atom stereocenters. The molecular weight excluding hydrogens is 238 g/mol. The van der Waals surface area contributed by atoms with Gasteiger partial charge in [-0.15, -0.1) is 11.8 Å². The first-order valence-electron chi connectivity index (χ1n) is 5.57. The normalized spacial score (nSPS) is 12.5. The number of nitrogens with one attached hydrogen (secondary N) is 1. The summed E-state index contributed by atoms with van der Waals surface area (Å²) in [4.78, 5) is 8.69. The quantitative estimate of drug-likeness (QED) is 0.570. The van der Waals surface area contributed by atoms with E-state index in [1.807, 2.05) is 19.9 Å². The molecule has 0 aliphatic rings. The molecule has 0 fully saturated rings. The summed E-state index contributed by atoms with van der Waals surface area (Å²) in [7, 11) is 1.62. The zero-order valence-electron chi connectivity index (χ0n) is 10.4. The molecule has 5 nitrogen and oxygen atoms in total. The van der Waals surface area contributed by atoms with Crippen LogP contribution in [0.5, 0.6) is 0 Å². The first kappa shape index (κ1) is 14.2. The SMILES string of the molecule is CCNc1cc(SC(C)CO)nc(COC)n1. The first-order chi connectivity index (χ1) is 8.19. The second-order valence-corrected chi connectivity index (χ2v) is 5.04. The van der Waals surface area contributed by atoms with Gasteiger partial charge >= 0.3 is 0 Å². The van der Waals surface area contributed by atoms with Gasteiger partial charge in [0.2, 0.25) is 0 Å². The van der Waals surface area contributed by atoms with E-state index in [0.29, 0.717) is 12.4 Å². The Morgan fingerprint density at radius 1 is 1.53 bits per heavy atom.